The van der Waals surface area contributed by atoms with Crippen molar-refractivity contribution in [2.45, 2.75) is 32.2 Å². The van der Waals surface area contributed by atoms with Gasteiger partial charge >= 0.3 is 5.97 Å². The second-order valence-electron chi connectivity index (χ2n) is 6.40. The first-order valence-corrected chi connectivity index (χ1v) is 10.1. The lowest BCUT2D eigenvalue weighted by Gasteiger charge is -2.09. The summed E-state index contributed by atoms with van der Waals surface area (Å²) >= 11 is 7.58. The zero-order chi connectivity index (χ0) is 19.5. The van der Waals surface area contributed by atoms with Gasteiger partial charge in [0.05, 0.1) is 9.72 Å². The molecule has 0 aliphatic carbocycles. The Morgan fingerprint density at radius 1 is 1.21 bits per heavy atom. The van der Waals surface area contributed by atoms with E-state index in [0.717, 1.165) is 39.5 Å². The number of halogens is 1. The van der Waals surface area contributed by atoms with Crippen molar-refractivity contribution >= 4 is 44.9 Å². The molecule has 3 heterocycles. The topological polar surface area (TPSA) is 93.6 Å². The monoisotopic (exact) mass is 419 g/mol. The Bertz CT molecular complexity index is 1020. The summed E-state index contributed by atoms with van der Waals surface area (Å²) in [6.07, 6.45) is 2.10. The first kappa shape index (κ1) is 18.8. The number of nitrogens with one attached hydrogen (secondary N) is 1. The maximum Gasteiger partial charge on any atom is 0.303 e. The third-order valence-corrected chi connectivity index (χ3v) is 5.50. The number of rotatable bonds is 8. The van der Waals surface area contributed by atoms with Crippen LogP contribution in [0.3, 0.4) is 0 Å². The fourth-order valence-corrected chi connectivity index (χ4v) is 4.09. The van der Waals surface area contributed by atoms with Gasteiger partial charge in [0.25, 0.3) is 0 Å². The molecule has 146 valence electrons. The van der Waals surface area contributed by atoms with Gasteiger partial charge < -0.3 is 19.9 Å². The molecule has 7 nitrogen and oxygen atoms in total. The summed E-state index contributed by atoms with van der Waals surface area (Å²) < 4.78 is 11.4. The molecule has 2 N–H and O–H groups in total. The lowest BCUT2D eigenvalue weighted by molar-refractivity contribution is -0.137. The Labute approximate surface area is 170 Å². The number of aryl methyl sites for hydroxylation is 1. The lowest BCUT2D eigenvalue weighted by Crippen LogP contribution is -2.05. The standard InChI is InChI=1S/C19H18ClN3O4S/c20-15-8-12-18(21-9-11-5-6-13-14(7-11)27-10-26-13)22-16(23-19(12)28-15)3-1-2-4-17(24)25/h5-8H,1-4,9-10H2,(H,24,25)(H,21,22,23). The van der Waals surface area contributed by atoms with Crippen LogP contribution in [0.5, 0.6) is 11.5 Å². The number of aliphatic carboxylic acids is 1. The maximum atomic E-state index is 10.7. The van der Waals surface area contributed by atoms with Gasteiger partial charge in [0.2, 0.25) is 6.79 Å². The fourth-order valence-electron chi connectivity index (χ4n) is 2.98. The molecule has 9 heteroatoms. The zero-order valence-electron chi connectivity index (χ0n) is 14.9. The number of aromatic nitrogens is 2. The highest BCUT2D eigenvalue weighted by atomic mass is 35.5. The summed E-state index contributed by atoms with van der Waals surface area (Å²) in [5.41, 5.74) is 1.04. The number of ether oxygens (including phenoxy) is 2. The molecule has 0 radical (unpaired) electrons. The van der Waals surface area contributed by atoms with Crippen LogP contribution in [0, 0.1) is 0 Å². The van der Waals surface area contributed by atoms with Crippen molar-refractivity contribution in [1.82, 2.24) is 9.97 Å². The normalized spacial score (nSPS) is 12.5. The number of thiophene rings is 1. The number of carboxylic acid groups (broad SMARTS) is 1. The van der Waals surface area contributed by atoms with E-state index in [1.165, 1.54) is 11.3 Å². The minimum atomic E-state index is -0.785. The third-order valence-electron chi connectivity index (χ3n) is 4.35. The second kappa shape index (κ2) is 8.20. The van der Waals surface area contributed by atoms with Gasteiger partial charge in [-0.15, -0.1) is 11.3 Å². The number of carboxylic acids is 1. The van der Waals surface area contributed by atoms with Crippen molar-refractivity contribution in [3.63, 3.8) is 0 Å². The van der Waals surface area contributed by atoms with Crippen molar-refractivity contribution < 1.29 is 19.4 Å². The van der Waals surface area contributed by atoms with Crippen LogP contribution in [0.4, 0.5) is 5.82 Å². The summed E-state index contributed by atoms with van der Waals surface area (Å²) in [7, 11) is 0. The minimum absolute atomic E-state index is 0.155. The Morgan fingerprint density at radius 3 is 2.93 bits per heavy atom. The number of benzene rings is 1. The van der Waals surface area contributed by atoms with E-state index in [9.17, 15) is 4.79 Å². The summed E-state index contributed by atoms with van der Waals surface area (Å²) in [5.74, 6) is 2.11. The molecule has 2 aromatic heterocycles. The second-order valence-corrected chi connectivity index (χ2v) is 8.06. The maximum absolute atomic E-state index is 10.7. The zero-order valence-corrected chi connectivity index (χ0v) is 16.5. The first-order chi connectivity index (χ1) is 13.6. The van der Waals surface area contributed by atoms with Crippen molar-refractivity contribution in [1.29, 1.82) is 0 Å². The molecule has 3 aromatic rings. The number of anilines is 1. The number of carbonyl (C=O) groups is 1. The van der Waals surface area contributed by atoms with Gasteiger partial charge in [-0.2, -0.15) is 0 Å². The van der Waals surface area contributed by atoms with Crippen molar-refractivity contribution in [3.8, 4) is 11.5 Å². The highest BCUT2D eigenvalue weighted by Gasteiger charge is 2.15. The largest absolute Gasteiger partial charge is 0.481 e. The fraction of sp³-hybridized carbons (Fsp3) is 0.316. The number of nitrogens with zero attached hydrogens (tertiary/aromatic N) is 2. The highest BCUT2D eigenvalue weighted by molar-refractivity contribution is 7.22. The van der Waals surface area contributed by atoms with Gasteiger partial charge in [0, 0.05) is 19.4 Å². The average molecular weight is 420 g/mol. The number of hydrogen-bond donors (Lipinski definition) is 2. The van der Waals surface area contributed by atoms with Gasteiger partial charge in [0.1, 0.15) is 16.5 Å². The lowest BCUT2D eigenvalue weighted by atomic mass is 10.2. The van der Waals surface area contributed by atoms with E-state index in [1.807, 2.05) is 24.3 Å². The molecule has 0 bridgehead atoms. The van der Waals surface area contributed by atoms with Crippen LogP contribution in [0.2, 0.25) is 4.34 Å². The van der Waals surface area contributed by atoms with Gasteiger partial charge in [-0.1, -0.05) is 17.7 Å². The molecule has 0 atom stereocenters. The smallest absolute Gasteiger partial charge is 0.303 e. The van der Waals surface area contributed by atoms with E-state index in [-0.39, 0.29) is 13.2 Å². The number of fused-ring (bicyclic) bond motifs is 2. The highest BCUT2D eigenvalue weighted by Crippen LogP contribution is 2.34. The Morgan fingerprint density at radius 2 is 2.07 bits per heavy atom. The average Bonchev–Trinajstić information content (AvgIpc) is 3.28. The summed E-state index contributed by atoms with van der Waals surface area (Å²) in [6, 6.07) is 7.68. The van der Waals surface area contributed by atoms with E-state index in [1.54, 1.807) is 0 Å². The van der Waals surface area contributed by atoms with Crippen molar-refractivity contribution in [3.05, 3.63) is 40.0 Å². The molecule has 1 aliphatic rings. The van der Waals surface area contributed by atoms with E-state index < -0.39 is 5.97 Å². The van der Waals surface area contributed by atoms with Crippen LogP contribution in [0.15, 0.2) is 24.3 Å². The van der Waals surface area contributed by atoms with Gasteiger partial charge in [-0.25, -0.2) is 9.97 Å². The van der Waals surface area contributed by atoms with Crippen LogP contribution in [0.1, 0.15) is 30.7 Å². The van der Waals surface area contributed by atoms with E-state index in [2.05, 4.69) is 15.3 Å². The molecule has 0 saturated carbocycles. The van der Waals surface area contributed by atoms with Gasteiger partial charge in [-0.05, 0) is 36.6 Å². The summed E-state index contributed by atoms with van der Waals surface area (Å²) in [5, 5.41) is 13.0. The summed E-state index contributed by atoms with van der Waals surface area (Å²) in [6.45, 7) is 0.812. The Balaban J connectivity index is 1.50. The minimum Gasteiger partial charge on any atom is -0.481 e. The van der Waals surface area contributed by atoms with Crippen molar-refractivity contribution in [2.24, 2.45) is 0 Å². The Hall–Kier alpha value is -2.58. The molecular weight excluding hydrogens is 402 g/mol. The quantitative estimate of drug-likeness (QED) is 0.520. The van der Waals surface area contributed by atoms with E-state index in [0.29, 0.717) is 29.5 Å². The van der Waals surface area contributed by atoms with E-state index >= 15 is 0 Å². The molecular formula is C19H18ClN3O4S. The van der Waals surface area contributed by atoms with Crippen LogP contribution >= 0.6 is 22.9 Å². The number of hydrogen-bond acceptors (Lipinski definition) is 7. The summed E-state index contributed by atoms with van der Waals surface area (Å²) in [4.78, 5) is 20.7. The molecule has 28 heavy (non-hydrogen) atoms. The molecule has 0 amide bonds. The molecule has 1 aromatic carbocycles. The van der Waals surface area contributed by atoms with Crippen LogP contribution in [0.25, 0.3) is 10.2 Å². The molecule has 0 saturated heterocycles. The molecule has 0 spiro atoms. The first-order valence-electron chi connectivity index (χ1n) is 8.88. The van der Waals surface area contributed by atoms with Crippen LogP contribution < -0.4 is 14.8 Å². The van der Waals surface area contributed by atoms with E-state index in [4.69, 9.17) is 26.2 Å². The molecule has 0 unspecified atom stereocenters. The molecule has 1 aliphatic heterocycles. The van der Waals surface area contributed by atoms with Crippen LogP contribution in [-0.2, 0) is 17.8 Å². The van der Waals surface area contributed by atoms with Crippen LogP contribution in [-0.4, -0.2) is 27.8 Å². The third kappa shape index (κ3) is 4.28. The SMILES string of the molecule is O=C(O)CCCCc1nc(NCc2ccc3c(c2)OCO3)c2cc(Cl)sc2n1. The van der Waals surface area contributed by atoms with Crippen molar-refractivity contribution in [2.75, 3.05) is 12.1 Å². The molecule has 0 fully saturated rings. The van der Waals surface area contributed by atoms with Gasteiger partial charge in [0.15, 0.2) is 11.5 Å². The predicted molar refractivity (Wildman–Crippen MR) is 108 cm³/mol. The number of unbranched alkanes of at least 4 members (excludes halogenated alkanes) is 1. The Kier molecular flexibility index (Phi) is 5.50. The molecule has 4 rings (SSSR count). The predicted octanol–water partition coefficient (Wildman–Crippen LogP) is 4.48. The van der Waals surface area contributed by atoms with Gasteiger partial charge in [-0.3, -0.25) is 4.79 Å².